The van der Waals surface area contributed by atoms with Gasteiger partial charge in [-0.2, -0.15) is 0 Å². The molecule has 0 aromatic rings. The van der Waals surface area contributed by atoms with Gasteiger partial charge in [0, 0.05) is 13.0 Å². The molecule has 0 aromatic carbocycles. The minimum atomic E-state index is 0.290. The summed E-state index contributed by atoms with van der Waals surface area (Å²) < 4.78 is 0. The maximum absolute atomic E-state index is 6.15. The van der Waals surface area contributed by atoms with E-state index in [1.165, 1.54) is 167 Å². The van der Waals surface area contributed by atoms with Gasteiger partial charge >= 0.3 is 0 Å². The van der Waals surface area contributed by atoms with Gasteiger partial charge in [-0.05, 0) is 111 Å². The van der Waals surface area contributed by atoms with Crippen molar-refractivity contribution in [1.29, 1.82) is 0 Å². The fourth-order valence-electron chi connectivity index (χ4n) is 6.27. The number of allylic oxidation sites excluding steroid dienone is 8. The lowest BCUT2D eigenvalue weighted by atomic mass is 10.0. The SMILES string of the molecule is CCCCC/C=C\C/C=C\CCCCCCCCCCC(CCCCCCCCCC/C=C\C/C=C\CCCCC)ON=C(C)CCN(C)C. The van der Waals surface area contributed by atoms with E-state index in [1.807, 2.05) is 0 Å². The fraction of sp³-hybridized carbons (Fsp3) is 0.809. The second-order valence-electron chi connectivity index (χ2n) is 15.3. The van der Waals surface area contributed by atoms with Crippen molar-refractivity contribution < 1.29 is 4.84 Å². The van der Waals surface area contributed by atoms with Crippen LogP contribution in [0.1, 0.15) is 220 Å². The summed E-state index contributed by atoms with van der Waals surface area (Å²) in [6, 6.07) is 0. The molecule has 0 unspecified atom stereocenters. The van der Waals surface area contributed by atoms with Crippen molar-refractivity contribution in [2.75, 3.05) is 20.6 Å². The van der Waals surface area contributed by atoms with E-state index < -0.39 is 0 Å². The Labute approximate surface area is 314 Å². The third kappa shape index (κ3) is 40.8. The van der Waals surface area contributed by atoms with Gasteiger partial charge in [0.15, 0.2) is 0 Å². The summed E-state index contributed by atoms with van der Waals surface area (Å²) in [5, 5.41) is 4.57. The molecule has 0 fully saturated rings. The molecular weight excluding hydrogens is 609 g/mol. The minimum absolute atomic E-state index is 0.290. The molecule has 0 bridgehead atoms. The van der Waals surface area contributed by atoms with Crippen LogP contribution in [-0.4, -0.2) is 37.4 Å². The first-order chi connectivity index (χ1) is 24.6. The van der Waals surface area contributed by atoms with E-state index in [1.54, 1.807) is 0 Å². The van der Waals surface area contributed by atoms with Gasteiger partial charge < -0.3 is 9.74 Å². The quantitative estimate of drug-likeness (QED) is 0.0277. The molecule has 0 aliphatic rings. The monoisotopic (exact) mass is 697 g/mol. The zero-order chi connectivity index (χ0) is 36.4. The first-order valence-electron chi connectivity index (χ1n) is 22.0. The Morgan fingerprint density at radius 3 is 1.18 bits per heavy atom. The molecule has 3 heteroatoms. The lowest BCUT2D eigenvalue weighted by molar-refractivity contribution is 0.0424. The zero-order valence-corrected chi connectivity index (χ0v) is 34.6. The predicted molar refractivity (Wildman–Crippen MR) is 228 cm³/mol. The molecule has 0 heterocycles. The standard InChI is InChI=1S/C47H88N2O/c1-6-8-10-12-14-16-18-20-22-24-26-28-30-32-34-36-38-40-42-47(50-48-46(3)44-45-49(4)5)43-41-39-37-35-33-31-29-27-25-23-21-19-17-15-13-11-9-7-2/h14-17,20-23,47H,6-13,18-19,24-45H2,1-5H3/b16-14-,17-15-,22-20-,23-21-,48-46?. The molecule has 50 heavy (non-hydrogen) atoms. The van der Waals surface area contributed by atoms with Crippen LogP contribution < -0.4 is 0 Å². The second kappa shape index (κ2) is 41.8. The molecule has 0 aliphatic heterocycles. The Kier molecular flexibility index (Phi) is 40.5. The van der Waals surface area contributed by atoms with Gasteiger partial charge in [0.2, 0.25) is 0 Å². The largest absolute Gasteiger partial charge is 0.393 e. The van der Waals surface area contributed by atoms with Gasteiger partial charge in [0.25, 0.3) is 0 Å². The normalized spacial score (nSPS) is 12.8. The van der Waals surface area contributed by atoms with Crippen LogP contribution in [0.15, 0.2) is 53.8 Å². The Morgan fingerprint density at radius 2 is 0.820 bits per heavy atom. The number of unbranched alkanes of at least 4 members (excludes halogenated alkanes) is 22. The highest BCUT2D eigenvalue weighted by atomic mass is 16.6. The Balaban J connectivity index is 3.97. The summed E-state index contributed by atoms with van der Waals surface area (Å²) in [4.78, 5) is 8.37. The molecule has 0 rings (SSSR count). The average Bonchev–Trinajstić information content (AvgIpc) is 3.11. The van der Waals surface area contributed by atoms with Crippen molar-refractivity contribution >= 4 is 5.71 Å². The van der Waals surface area contributed by atoms with Crippen LogP contribution >= 0.6 is 0 Å². The maximum Gasteiger partial charge on any atom is 0.127 e. The van der Waals surface area contributed by atoms with Crippen LogP contribution in [0, 0.1) is 0 Å². The van der Waals surface area contributed by atoms with Crippen molar-refractivity contribution in [3.63, 3.8) is 0 Å². The number of hydrogen-bond donors (Lipinski definition) is 0. The zero-order valence-electron chi connectivity index (χ0n) is 34.6. The third-order valence-electron chi connectivity index (χ3n) is 9.73. The van der Waals surface area contributed by atoms with Crippen LogP contribution in [0.4, 0.5) is 0 Å². The summed E-state index contributed by atoms with van der Waals surface area (Å²) in [6.45, 7) is 7.69. The topological polar surface area (TPSA) is 24.8 Å². The number of nitrogens with zero attached hydrogens (tertiary/aromatic N) is 2. The van der Waals surface area contributed by atoms with Gasteiger partial charge in [0.1, 0.15) is 6.10 Å². The van der Waals surface area contributed by atoms with Gasteiger partial charge in [-0.15, -0.1) is 0 Å². The predicted octanol–water partition coefficient (Wildman–Crippen LogP) is 15.7. The lowest BCUT2D eigenvalue weighted by Gasteiger charge is -2.16. The maximum atomic E-state index is 6.15. The van der Waals surface area contributed by atoms with Crippen molar-refractivity contribution in [3.8, 4) is 0 Å². The highest BCUT2D eigenvalue weighted by molar-refractivity contribution is 5.81. The Hall–Kier alpha value is -1.61. The molecule has 0 aromatic heterocycles. The third-order valence-corrected chi connectivity index (χ3v) is 9.73. The van der Waals surface area contributed by atoms with E-state index >= 15 is 0 Å². The average molecular weight is 697 g/mol. The summed E-state index contributed by atoms with van der Waals surface area (Å²) in [5.74, 6) is 0. The summed E-state index contributed by atoms with van der Waals surface area (Å²) in [7, 11) is 4.25. The smallest absolute Gasteiger partial charge is 0.127 e. The molecule has 0 atom stereocenters. The van der Waals surface area contributed by atoms with Gasteiger partial charge in [-0.25, -0.2) is 0 Å². The van der Waals surface area contributed by atoms with Crippen LogP contribution in [0.25, 0.3) is 0 Å². The molecule has 3 nitrogen and oxygen atoms in total. The molecule has 0 spiro atoms. The summed E-state index contributed by atoms with van der Waals surface area (Å²) >= 11 is 0. The Bertz CT molecular complexity index is 756. The molecule has 0 saturated carbocycles. The number of rotatable bonds is 39. The van der Waals surface area contributed by atoms with E-state index in [0.29, 0.717) is 6.10 Å². The Morgan fingerprint density at radius 1 is 0.480 bits per heavy atom. The van der Waals surface area contributed by atoms with E-state index in [9.17, 15) is 0 Å². The first-order valence-corrected chi connectivity index (χ1v) is 22.0. The van der Waals surface area contributed by atoms with Crippen LogP contribution in [-0.2, 0) is 4.84 Å². The molecule has 0 aliphatic carbocycles. The van der Waals surface area contributed by atoms with E-state index in [2.05, 4.69) is 93.5 Å². The van der Waals surface area contributed by atoms with Crippen molar-refractivity contribution in [2.45, 2.75) is 226 Å². The molecule has 0 N–H and O–H groups in total. The van der Waals surface area contributed by atoms with Crippen LogP contribution in [0.2, 0.25) is 0 Å². The number of hydrogen-bond acceptors (Lipinski definition) is 3. The second-order valence-corrected chi connectivity index (χ2v) is 15.3. The molecule has 0 saturated heterocycles. The van der Waals surface area contributed by atoms with Crippen molar-refractivity contribution in [1.82, 2.24) is 4.90 Å². The highest BCUT2D eigenvalue weighted by Crippen LogP contribution is 2.18. The van der Waals surface area contributed by atoms with Gasteiger partial charge in [-0.1, -0.05) is 170 Å². The first kappa shape index (κ1) is 48.4. The molecule has 292 valence electrons. The summed E-state index contributed by atoms with van der Waals surface area (Å²) in [6.07, 6.45) is 59.5. The minimum Gasteiger partial charge on any atom is -0.393 e. The van der Waals surface area contributed by atoms with Gasteiger partial charge in [0.05, 0.1) is 5.71 Å². The van der Waals surface area contributed by atoms with Gasteiger partial charge in [-0.3, -0.25) is 0 Å². The van der Waals surface area contributed by atoms with Crippen LogP contribution in [0.5, 0.6) is 0 Å². The molecule has 0 radical (unpaired) electrons. The van der Waals surface area contributed by atoms with Crippen molar-refractivity contribution in [2.24, 2.45) is 5.16 Å². The van der Waals surface area contributed by atoms with E-state index in [0.717, 1.165) is 44.4 Å². The fourth-order valence-corrected chi connectivity index (χ4v) is 6.27. The molecule has 0 amide bonds. The number of oxime groups is 1. The lowest BCUT2D eigenvalue weighted by Crippen LogP contribution is -2.16. The van der Waals surface area contributed by atoms with E-state index in [-0.39, 0.29) is 0 Å². The van der Waals surface area contributed by atoms with E-state index in [4.69, 9.17) is 4.84 Å². The van der Waals surface area contributed by atoms with Crippen LogP contribution in [0.3, 0.4) is 0 Å². The molecular formula is C47H88N2O. The highest BCUT2D eigenvalue weighted by Gasteiger charge is 2.10. The van der Waals surface area contributed by atoms with Crippen molar-refractivity contribution in [3.05, 3.63) is 48.6 Å². The summed E-state index contributed by atoms with van der Waals surface area (Å²) in [5.41, 5.74) is 1.12.